The fourth-order valence-corrected chi connectivity index (χ4v) is 3.79. The van der Waals surface area contributed by atoms with Crippen LogP contribution in [-0.4, -0.2) is 31.6 Å². The van der Waals surface area contributed by atoms with Gasteiger partial charge < -0.3 is 0 Å². The van der Waals surface area contributed by atoms with Gasteiger partial charge in [0.15, 0.2) is 5.78 Å². The van der Waals surface area contributed by atoms with Crippen LogP contribution in [0.5, 0.6) is 0 Å². The van der Waals surface area contributed by atoms with E-state index in [0.29, 0.717) is 18.7 Å². The minimum atomic E-state index is -3.49. The molecular formula is C19H21NO3S. The Labute approximate surface area is 143 Å². The van der Waals surface area contributed by atoms with Gasteiger partial charge in [-0.2, -0.15) is 4.31 Å². The fraction of sp³-hybridized carbons (Fsp3) is 0.211. The molecule has 0 aromatic heterocycles. The van der Waals surface area contributed by atoms with E-state index in [4.69, 9.17) is 0 Å². The Bertz CT molecular complexity index is 805. The minimum absolute atomic E-state index is 0.161. The molecule has 0 aliphatic carbocycles. The summed E-state index contributed by atoms with van der Waals surface area (Å²) in [5.74, 6) is -0.161. The highest BCUT2D eigenvalue weighted by atomic mass is 32.2. The average molecular weight is 343 g/mol. The van der Waals surface area contributed by atoms with Crippen LogP contribution in [0.25, 0.3) is 6.08 Å². The zero-order chi connectivity index (χ0) is 17.6. The monoisotopic (exact) mass is 343 g/mol. The van der Waals surface area contributed by atoms with Crippen LogP contribution >= 0.6 is 0 Å². The Balaban J connectivity index is 2.17. The number of hydrogen-bond acceptors (Lipinski definition) is 3. The maximum absolute atomic E-state index is 12.4. The molecule has 0 N–H and O–H groups in total. The summed E-state index contributed by atoms with van der Waals surface area (Å²) in [4.78, 5) is 12.4. The van der Waals surface area contributed by atoms with E-state index in [-0.39, 0.29) is 10.7 Å². The molecule has 2 aromatic carbocycles. The first-order chi connectivity index (χ1) is 11.5. The topological polar surface area (TPSA) is 54.5 Å². The zero-order valence-corrected chi connectivity index (χ0v) is 14.7. The van der Waals surface area contributed by atoms with E-state index in [1.807, 2.05) is 30.3 Å². The summed E-state index contributed by atoms with van der Waals surface area (Å²) in [6.45, 7) is 4.43. The fourth-order valence-electron chi connectivity index (χ4n) is 2.34. The highest BCUT2D eigenvalue weighted by Crippen LogP contribution is 2.17. The van der Waals surface area contributed by atoms with E-state index in [9.17, 15) is 13.2 Å². The van der Waals surface area contributed by atoms with Crippen molar-refractivity contribution >= 4 is 21.9 Å². The molecule has 5 heteroatoms. The molecule has 0 spiro atoms. The molecule has 0 atom stereocenters. The normalized spacial score (nSPS) is 12.0. The third-order valence-corrected chi connectivity index (χ3v) is 5.77. The lowest BCUT2D eigenvalue weighted by molar-refractivity contribution is 0.104. The van der Waals surface area contributed by atoms with Gasteiger partial charge in [-0.3, -0.25) is 4.79 Å². The Hall–Kier alpha value is -2.24. The van der Waals surface area contributed by atoms with E-state index >= 15 is 0 Å². The van der Waals surface area contributed by atoms with E-state index in [2.05, 4.69) is 0 Å². The zero-order valence-electron chi connectivity index (χ0n) is 13.8. The largest absolute Gasteiger partial charge is 0.289 e. The highest BCUT2D eigenvalue weighted by molar-refractivity contribution is 7.89. The molecule has 0 aliphatic rings. The third-order valence-electron chi connectivity index (χ3n) is 3.71. The van der Waals surface area contributed by atoms with Crippen molar-refractivity contribution in [2.75, 3.05) is 13.1 Å². The molecule has 0 aliphatic heterocycles. The molecule has 0 saturated carbocycles. The molecule has 126 valence electrons. The van der Waals surface area contributed by atoms with Gasteiger partial charge in [-0.1, -0.05) is 50.3 Å². The van der Waals surface area contributed by atoms with Crippen LogP contribution in [-0.2, 0) is 10.0 Å². The molecule has 4 nitrogen and oxygen atoms in total. The summed E-state index contributed by atoms with van der Waals surface area (Å²) < 4.78 is 26.2. The first-order valence-corrected chi connectivity index (χ1v) is 9.30. The molecular weight excluding hydrogens is 322 g/mol. The predicted octanol–water partition coefficient (Wildman–Crippen LogP) is 3.61. The number of carbonyl (C=O) groups excluding carboxylic acids is 1. The Kier molecular flexibility index (Phi) is 6.06. The van der Waals surface area contributed by atoms with Gasteiger partial charge in [0.05, 0.1) is 4.90 Å². The number of hydrogen-bond donors (Lipinski definition) is 0. The number of allylic oxidation sites excluding steroid dienone is 1. The lowest BCUT2D eigenvalue weighted by Gasteiger charge is -2.18. The molecule has 2 aromatic rings. The van der Waals surface area contributed by atoms with Crippen LogP contribution in [0.2, 0.25) is 0 Å². The summed E-state index contributed by atoms with van der Waals surface area (Å²) in [6, 6.07) is 15.6. The van der Waals surface area contributed by atoms with Crippen molar-refractivity contribution < 1.29 is 13.2 Å². The maximum Gasteiger partial charge on any atom is 0.243 e. The molecule has 0 radical (unpaired) electrons. The van der Waals surface area contributed by atoms with Crippen molar-refractivity contribution in [2.24, 2.45) is 0 Å². The summed E-state index contributed by atoms with van der Waals surface area (Å²) in [5.41, 5.74) is 1.40. The Morgan fingerprint density at radius 1 is 0.958 bits per heavy atom. The molecule has 0 fully saturated rings. The lowest BCUT2D eigenvalue weighted by atomic mass is 10.1. The molecule has 0 heterocycles. The number of rotatable bonds is 7. The van der Waals surface area contributed by atoms with Crippen LogP contribution in [0.15, 0.2) is 65.6 Å². The standard InChI is InChI=1S/C19H21NO3S/c1-3-20(4-2)24(22,23)18-13-11-17(12-14-18)19(21)15-10-16-8-6-5-7-9-16/h5-15H,3-4H2,1-2H3/b15-10+. The molecule has 0 amide bonds. The van der Waals surface area contributed by atoms with Crippen LogP contribution in [0.4, 0.5) is 0 Å². The summed E-state index contributed by atoms with van der Waals surface area (Å²) in [7, 11) is -3.49. The van der Waals surface area contributed by atoms with Crippen molar-refractivity contribution in [1.82, 2.24) is 4.31 Å². The van der Waals surface area contributed by atoms with Gasteiger partial charge >= 0.3 is 0 Å². The van der Waals surface area contributed by atoms with E-state index < -0.39 is 10.0 Å². The first kappa shape index (κ1) is 18.1. The first-order valence-electron chi connectivity index (χ1n) is 7.86. The second-order valence-corrected chi connectivity index (χ2v) is 7.16. The van der Waals surface area contributed by atoms with Gasteiger partial charge in [0.1, 0.15) is 0 Å². The minimum Gasteiger partial charge on any atom is -0.289 e. The maximum atomic E-state index is 12.4. The summed E-state index contributed by atoms with van der Waals surface area (Å²) in [6.07, 6.45) is 3.23. The van der Waals surface area contributed by atoms with Crippen LogP contribution in [0.1, 0.15) is 29.8 Å². The predicted molar refractivity (Wildman–Crippen MR) is 96.4 cm³/mol. The second kappa shape index (κ2) is 8.04. The van der Waals surface area contributed by atoms with Gasteiger partial charge in [-0.15, -0.1) is 0 Å². The van der Waals surface area contributed by atoms with Crippen molar-refractivity contribution in [3.05, 3.63) is 71.8 Å². The van der Waals surface area contributed by atoms with Crippen molar-refractivity contribution in [1.29, 1.82) is 0 Å². The van der Waals surface area contributed by atoms with E-state index in [1.165, 1.54) is 22.5 Å². The van der Waals surface area contributed by atoms with Crippen molar-refractivity contribution in [2.45, 2.75) is 18.7 Å². The van der Waals surface area contributed by atoms with E-state index in [1.54, 1.807) is 32.1 Å². The molecule has 0 bridgehead atoms. The summed E-state index contributed by atoms with van der Waals surface area (Å²) in [5, 5.41) is 0. The highest BCUT2D eigenvalue weighted by Gasteiger charge is 2.21. The van der Waals surface area contributed by atoms with Gasteiger partial charge in [0.2, 0.25) is 10.0 Å². The molecule has 0 saturated heterocycles. The molecule has 24 heavy (non-hydrogen) atoms. The lowest BCUT2D eigenvalue weighted by Crippen LogP contribution is -2.30. The Morgan fingerprint density at radius 2 is 1.54 bits per heavy atom. The van der Waals surface area contributed by atoms with Gasteiger partial charge in [-0.05, 0) is 35.9 Å². The van der Waals surface area contributed by atoms with Crippen LogP contribution in [0.3, 0.4) is 0 Å². The number of carbonyl (C=O) groups is 1. The molecule has 0 unspecified atom stereocenters. The van der Waals surface area contributed by atoms with Crippen molar-refractivity contribution in [3.8, 4) is 0 Å². The number of nitrogens with zero attached hydrogens (tertiary/aromatic N) is 1. The summed E-state index contributed by atoms with van der Waals surface area (Å²) >= 11 is 0. The van der Waals surface area contributed by atoms with E-state index in [0.717, 1.165) is 5.56 Å². The van der Waals surface area contributed by atoms with Crippen LogP contribution in [0, 0.1) is 0 Å². The molecule has 2 rings (SSSR count). The average Bonchev–Trinajstić information content (AvgIpc) is 2.61. The number of benzene rings is 2. The SMILES string of the molecule is CCN(CC)S(=O)(=O)c1ccc(C(=O)/C=C/c2ccccc2)cc1. The van der Waals surface area contributed by atoms with Gasteiger partial charge in [0, 0.05) is 18.7 Å². The second-order valence-electron chi connectivity index (χ2n) is 5.22. The van der Waals surface area contributed by atoms with Gasteiger partial charge in [-0.25, -0.2) is 8.42 Å². The third kappa shape index (κ3) is 4.19. The van der Waals surface area contributed by atoms with Crippen LogP contribution < -0.4 is 0 Å². The number of sulfonamides is 1. The number of ketones is 1. The van der Waals surface area contributed by atoms with Crippen molar-refractivity contribution in [3.63, 3.8) is 0 Å². The smallest absolute Gasteiger partial charge is 0.243 e. The Morgan fingerprint density at radius 3 is 2.08 bits per heavy atom. The quantitative estimate of drug-likeness (QED) is 0.570. The van der Waals surface area contributed by atoms with Gasteiger partial charge in [0.25, 0.3) is 0 Å².